The number of piperazine rings is 1. The third-order valence-corrected chi connectivity index (χ3v) is 7.70. The Balaban J connectivity index is 1.32. The summed E-state index contributed by atoms with van der Waals surface area (Å²) in [6, 6.07) is 13.8. The fourth-order valence-electron chi connectivity index (χ4n) is 4.16. The average molecular weight is 473 g/mol. The zero-order chi connectivity index (χ0) is 23.3. The van der Waals surface area contributed by atoms with Crippen LogP contribution in [0.2, 0.25) is 0 Å². The molecule has 2 aromatic rings. The second-order valence-electron chi connectivity index (χ2n) is 8.43. The number of anilines is 2. The molecule has 2 heterocycles. The third-order valence-electron chi connectivity index (χ3n) is 6.26. The maximum absolute atomic E-state index is 12.6. The largest absolute Gasteiger partial charge is 0.377 e. The zero-order valence-corrected chi connectivity index (χ0v) is 19.8. The Labute approximate surface area is 196 Å². The molecule has 33 heavy (non-hydrogen) atoms. The van der Waals surface area contributed by atoms with Gasteiger partial charge in [0.2, 0.25) is 10.0 Å². The number of carbonyl (C=O) groups is 1. The normalized spacial score (nSPS) is 19.5. The lowest BCUT2D eigenvalue weighted by Gasteiger charge is -2.35. The van der Waals surface area contributed by atoms with Gasteiger partial charge in [-0.25, -0.2) is 13.1 Å². The molecule has 1 atom stereocenters. The van der Waals surface area contributed by atoms with Crippen LogP contribution in [-0.4, -0.2) is 71.2 Å². The molecular weight excluding hydrogens is 440 g/mol. The van der Waals surface area contributed by atoms with Crippen molar-refractivity contribution in [3.05, 3.63) is 54.1 Å². The van der Waals surface area contributed by atoms with Crippen molar-refractivity contribution in [2.75, 3.05) is 56.1 Å². The van der Waals surface area contributed by atoms with Gasteiger partial charge in [-0.15, -0.1) is 0 Å². The molecule has 8 nitrogen and oxygen atoms in total. The number of hydrogen-bond donors (Lipinski definition) is 2. The van der Waals surface area contributed by atoms with Crippen LogP contribution in [0.4, 0.5) is 11.4 Å². The maximum atomic E-state index is 12.6. The Bertz CT molecular complexity index is 1030. The number of rotatable bonds is 8. The molecule has 0 bridgehead atoms. The van der Waals surface area contributed by atoms with Gasteiger partial charge in [0.05, 0.1) is 11.0 Å². The highest BCUT2D eigenvalue weighted by molar-refractivity contribution is 7.89. The van der Waals surface area contributed by atoms with Crippen molar-refractivity contribution in [2.24, 2.45) is 0 Å². The van der Waals surface area contributed by atoms with Crippen molar-refractivity contribution in [3.63, 3.8) is 0 Å². The van der Waals surface area contributed by atoms with Gasteiger partial charge < -0.3 is 19.9 Å². The van der Waals surface area contributed by atoms with E-state index in [-0.39, 0.29) is 23.5 Å². The summed E-state index contributed by atoms with van der Waals surface area (Å²) in [6.07, 6.45) is 1.74. The Kier molecular flexibility index (Phi) is 7.64. The van der Waals surface area contributed by atoms with Crippen LogP contribution in [-0.2, 0) is 14.8 Å². The van der Waals surface area contributed by atoms with Gasteiger partial charge in [-0.1, -0.05) is 6.92 Å². The Hall–Kier alpha value is -2.46. The number of sulfonamides is 1. The van der Waals surface area contributed by atoms with Gasteiger partial charge in [0.15, 0.2) is 0 Å². The molecule has 0 unspecified atom stereocenters. The van der Waals surface area contributed by atoms with E-state index in [2.05, 4.69) is 26.8 Å². The van der Waals surface area contributed by atoms with Gasteiger partial charge in [-0.05, 0) is 67.9 Å². The number of likely N-dealkylation sites (N-methyl/N-ethyl adjacent to an activating group) is 1. The van der Waals surface area contributed by atoms with Crippen LogP contribution in [0.1, 0.15) is 30.1 Å². The minimum absolute atomic E-state index is 0.0721. The predicted molar refractivity (Wildman–Crippen MR) is 129 cm³/mol. The quantitative estimate of drug-likeness (QED) is 0.614. The molecule has 2 N–H and O–H groups in total. The van der Waals surface area contributed by atoms with E-state index in [0.29, 0.717) is 17.9 Å². The van der Waals surface area contributed by atoms with Crippen LogP contribution in [0.25, 0.3) is 0 Å². The van der Waals surface area contributed by atoms with Crippen molar-refractivity contribution in [1.29, 1.82) is 0 Å². The molecule has 4 rings (SSSR count). The monoisotopic (exact) mass is 472 g/mol. The molecule has 0 radical (unpaired) electrons. The second-order valence-corrected chi connectivity index (χ2v) is 10.2. The van der Waals surface area contributed by atoms with E-state index in [1.54, 1.807) is 0 Å². The molecule has 9 heteroatoms. The molecule has 2 saturated heterocycles. The fraction of sp³-hybridized carbons (Fsp3) is 0.458. The van der Waals surface area contributed by atoms with Gasteiger partial charge in [0, 0.05) is 56.3 Å². The number of nitrogens with one attached hydrogen (secondary N) is 2. The first-order valence-corrected chi connectivity index (χ1v) is 13.0. The summed E-state index contributed by atoms with van der Waals surface area (Å²) >= 11 is 0. The zero-order valence-electron chi connectivity index (χ0n) is 19.0. The first-order valence-electron chi connectivity index (χ1n) is 11.5. The topological polar surface area (TPSA) is 91.0 Å². The van der Waals surface area contributed by atoms with Crippen LogP contribution >= 0.6 is 0 Å². The third kappa shape index (κ3) is 6.11. The van der Waals surface area contributed by atoms with Crippen LogP contribution in [0.15, 0.2) is 53.4 Å². The van der Waals surface area contributed by atoms with E-state index in [1.807, 2.05) is 24.3 Å². The number of nitrogens with zero attached hydrogens (tertiary/aromatic N) is 2. The average Bonchev–Trinajstić information content (AvgIpc) is 3.37. The number of hydrogen-bond acceptors (Lipinski definition) is 6. The standard InChI is InChI=1S/C24H32N4O4S/c1-2-27-13-15-28(16-14-27)21-9-7-20(8-10-21)26-24(29)19-5-11-23(12-6-19)33(30,31)25-18-22-4-3-17-32-22/h5-12,22,25H,2-4,13-18H2,1H3,(H,26,29)/t22-/m0/s1. The lowest BCUT2D eigenvalue weighted by molar-refractivity contribution is 0.102. The highest BCUT2D eigenvalue weighted by atomic mass is 32.2. The van der Waals surface area contributed by atoms with Crippen molar-refractivity contribution in [1.82, 2.24) is 9.62 Å². The number of amides is 1. The van der Waals surface area contributed by atoms with Crippen LogP contribution in [0.5, 0.6) is 0 Å². The number of carbonyl (C=O) groups excluding carboxylic acids is 1. The van der Waals surface area contributed by atoms with Crippen molar-refractivity contribution < 1.29 is 17.9 Å². The summed E-state index contributed by atoms with van der Waals surface area (Å²) < 4.78 is 33.0. The molecule has 0 saturated carbocycles. The molecule has 2 aliphatic rings. The summed E-state index contributed by atoms with van der Waals surface area (Å²) in [5, 5.41) is 2.88. The highest BCUT2D eigenvalue weighted by Gasteiger charge is 2.21. The SMILES string of the molecule is CCN1CCN(c2ccc(NC(=O)c3ccc(S(=O)(=O)NC[C@@H]4CCCO4)cc3)cc2)CC1. The summed E-state index contributed by atoms with van der Waals surface area (Å²) in [5.41, 5.74) is 2.24. The Morgan fingerprint density at radius 2 is 1.73 bits per heavy atom. The summed E-state index contributed by atoms with van der Waals surface area (Å²) in [6.45, 7) is 8.31. The van der Waals surface area contributed by atoms with Gasteiger partial charge in [0.1, 0.15) is 0 Å². The molecular formula is C24H32N4O4S. The van der Waals surface area contributed by atoms with E-state index in [1.165, 1.54) is 24.3 Å². The fourth-order valence-corrected chi connectivity index (χ4v) is 5.22. The number of ether oxygens (including phenoxy) is 1. The molecule has 0 aromatic heterocycles. The van der Waals surface area contributed by atoms with Crippen LogP contribution in [0.3, 0.4) is 0 Å². The highest BCUT2D eigenvalue weighted by Crippen LogP contribution is 2.20. The van der Waals surface area contributed by atoms with Gasteiger partial charge in [-0.3, -0.25) is 4.79 Å². The van der Waals surface area contributed by atoms with Crippen LogP contribution < -0.4 is 14.9 Å². The maximum Gasteiger partial charge on any atom is 0.255 e. The first kappa shape index (κ1) is 23.7. The predicted octanol–water partition coefficient (Wildman–Crippen LogP) is 2.54. The van der Waals surface area contributed by atoms with Crippen LogP contribution in [0, 0.1) is 0 Å². The molecule has 2 aromatic carbocycles. The molecule has 1 amide bonds. The Morgan fingerprint density at radius 1 is 1.03 bits per heavy atom. The van der Waals surface area contributed by atoms with Gasteiger partial charge in [0.25, 0.3) is 5.91 Å². The van der Waals surface area contributed by atoms with Crippen molar-refractivity contribution in [2.45, 2.75) is 30.8 Å². The number of benzene rings is 2. The smallest absolute Gasteiger partial charge is 0.255 e. The second kappa shape index (κ2) is 10.6. The van der Waals surface area contributed by atoms with E-state index in [0.717, 1.165) is 51.3 Å². The van der Waals surface area contributed by atoms with Crippen molar-refractivity contribution >= 4 is 27.3 Å². The molecule has 2 fully saturated rings. The van der Waals surface area contributed by atoms with E-state index in [9.17, 15) is 13.2 Å². The van der Waals surface area contributed by atoms with Gasteiger partial charge in [-0.2, -0.15) is 0 Å². The lowest BCUT2D eigenvalue weighted by atomic mass is 10.2. The van der Waals surface area contributed by atoms with Crippen molar-refractivity contribution in [3.8, 4) is 0 Å². The first-order chi connectivity index (χ1) is 15.9. The molecule has 0 spiro atoms. The lowest BCUT2D eigenvalue weighted by Crippen LogP contribution is -2.46. The van der Waals surface area contributed by atoms with E-state index >= 15 is 0 Å². The summed E-state index contributed by atoms with van der Waals surface area (Å²) in [5.74, 6) is -0.282. The minimum Gasteiger partial charge on any atom is -0.377 e. The minimum atomic E-state index is -3.64. The molecule has 2 aliphatic heterocycles. The van der Waals surface area contributed by atoms with E-state index < -0.39 is 10.0 Å². The summed E-state index contributed by atoms with van der Waals surface area (Å²) in [4.78, 5) is 17.5. The molecule has 0 aliphatic carbocycles. The Morgan fingerprint density at radius 3 is 2.33 bits per heavy atom. The van der Waals surface area contributed by atoms with E-state index in [4.69, 9.17) is 4.74 Å². The van der Waals surface area contributed by atoms with Gasteiger partial charge >= 0.3 is 0 Å². The summed E-state index contributed by atoms with van der Waals surface area (Å²) in [7, 11) is -3.64. The molecule has 178 valence electrons.